The molecule has 1 aliphatic rings. The number of piperazine rings is 1. The molecule has 3 N–H and O–H groups in total. The molecule has 2 unspecified atom stereocenters. The Morgan fingerprint density at radius 2 is 1.95 bits per heavy atom. The Morgan fingerprint density at radius 1 is 1.26 bits per heavy atom. The number of nitrogens with one attached hydrogen (secondary N) is 1. The summed E-state index contributed by atoms with van der Waals surface area (Å²) in [6, 6.07) is 8.48. The van der Waals surface area contributed by atoms with Crippen LogP contribution in [-0.4, -0.2) is 52.4 Å². The molecule has 1 aromatic rings. The van der Waals surface area contributed by atoms with Crippen LogP contribution >= 0.6 is 0 Å². The summed E-state index contributed by atoms with van der Waals surface area (Å²) in [5.74, 6) is -1.00. The van der Waals surface area contributed by atoms with Gasteiger partial charge in [-0.25, -0.2) is 4.48 Å². The number of amides is 1. The third kappa shape index (κ3) is 2.91. The maximum absolute atomic E-state index is 11.6. The Labute approximate surface area is 110 Å². The van der Waals surface area contributed by atoms with E-state index in [0.717, 1.165) is 5.56 Å². The molecule has 1 fully saturated rings. The number of benzene rings is 1. The van der Waals surface area contributed by atoms with Crippen LogP contribution in [0.4, 0.5) is 4.79 Å². The van der Waals surface area contributed by atoms with Crippen LogP contribution in [0.2, 0.25) is 0 Å². The standard InChI is InChI=1S/C13H16N2O4/c16-12(17)11-9-15(13(18)19,7-6-14-11)8-10-4-2-1-3-5-10/h1-5,11,14H,6-9H2,(H-,16,17,18,19)/p+1. The fourth-order valence-corrected chi connectivity index (χ4v) is 2.44. The zero-order chi connectivity index (χ0) is 13.9. The minimum absolute atomic E-state index is 0.0551. The second-order valence-electron chi connectivity index (χ2n) is 4.82. The van der Waals surface area contributed by atoms with Crippen molar-refractivity contribution >= 4 is 12.1 Å². The maximum Gasteiger partial charge on any atom is 0.513 e. The van der Waals surface area contributed by atoms with E-state index in [4.69, 9.17) is 5.11 Å². The lowest BCUT2D eigenvalue weighted by Gasteiger charge is -2.38. The van der Waals surface area contributed by atoms with E-state index in [1.807, 2.05) is 30.3 Å². The van der Waals surface area contributed by atoms with Gasteiger partial charge in [-0.3, -0.25) is 10.1 Å². The number of carboxylic acids is 1. The lowest BCUT2D eigenvalue weighted by Crippen LogP contribution is -2.66. The van der Waals surface area contributed by atoms with Gasteiger partial charge in [0.15, 0.2) is 6.04 Å². The Kier molecular flexibility index (Phi) is 3.82. The van der Waals surface area contributed by atoms with Crippen molar-refractivity contribution in [2.45, 2.75) is 12.6 Å². The van der Waals surface area contributed by atoms with Gasteiger partial charge in [0, 0.05) is 12.1 Å². The van der Waals surface area contributed by atoms with Gasteiger partial charge >= 0.3 is 12.1 Å². The fraction of sp³-hybridized carbons (Fsp3) is 0.385. The summed E-state index contributed by atoms with van der Waals surface area (Å²) in [7, 11) is 0. The minimum atomic E-state index is -1.00. The van der Waals surface area contributed by atoms with Crippen LogP contribution in [0.25, 0.3) is 0 Å². The molecule has 0 bridgehead atoms. The third-order valence-corrected chi connectivity index (χ3v) is 3.49. The molecule has 1 saturated heterocycles. The van der Waals surface area contributed by atoms with Crippen LogP contribution in [0.1, 0.15) is 5.56 Å². The number of nitrogens with zero attached hydrogens (tertiary/aromatic N) is 1. The molecular weight excluding hydrogens is 248 g/mol. The Hall–Kier alpha value is -1.92. The smallest absolute Gasteiger partial charge is 0.480 e. The summed E-state index contributed by atoms with van der Waals surface area (Å²) in [5.41, 5.74) is 0.899. The van der Waals surface area contributed by atoms with E-state index in [0.29, 0.717) is 19.6 Å². The number of carboxylic acid groups (broad SMARTS) is 2. The Balaban J connectivity index is 2.23. The summed E-state index contributed by atoms with van der Waals surface area (Å²) < 4.78 is -0.242. The molecule has 0 spiro atoms. The molecule has 1 aliphatic heterocycles. The van der Waals surface area contributed by atoms with E-state index in [2.05, 4.69) is 5.32 Å². The molecule has 0 aliphatic carbocycles. The fourth-order valence-electron chi connectivity index (χ4n) is 2.44. The van der Waals surface area contributed by atoms with Crippen LogP contribution in [0.5, 0.6) is 0 Å². The summed E-state index contributed by atoms with van der Waals surface area (Å²) in [5, 5.41) is 21.4. The molecule has 102 valence electrons. The van der Waals surface area contributed by atoms with E-state index in [1.165, 1.54) is 0 Å². The van der Waals surface area contributed by atoms with Crippen LogP contribution in [0.15, 0.2) is 30.3 Å². The second kappa shape index (κ2) is 5.38. The van der Waals surface area contributed by atoms with Crippen molar-refractivity contribution in [3.8, 4) is 0 Å². The number of carbonyl (C=O) groups is 2. The van der Waals surface area contributed by atoms with E-state index < -0.39 is 18.1 Å². The van der Waals surface area contributed by atoms with Crippen molar-refractivity contribution in [2.24, 2.45) is 0 Å². The van der Waals surface area contributed by atoms with Crippen molar-refractivity contribution in [3.05, 3.63) is 35.9 Å². The number of rotatable bonds is 3. The largest absolute Gasteiger partial charge is 0.513 e. The van der Waals surface area contributed by atoms with Crippen molar-refractivity contribution in [1.29, 1.82) is 0 Å². The number of aliphatic carboxylic acids is 1. The Bertz CT molecular complexity index is 477. The van der Waals surface area contributed by atoms with Gasteiger partial charge < -0.3 is 10.2 Å². The average Bonchev–Trinajstić information content (AvgIpc) is 2.40. The highest BCUT2D eigenvalue weighted by Crippen LogP contribution is 2.19. The summed E-state index contributed by atoms with van der Waals surface area (Å²) in [4.78, 5) is 22.7. The van der Waals surface area contributed by atoms with Gasteiger partial charge in [-0.1, -0.05) is 30.3 Å². The van der Waals surface area contributed by atoms with Crippen LogP contribution in [0.3, 0.4) is 0 Å². The monoisotopic (exact) mass is 265 g/mol. The molecule has 2 atom stereocenters. The summed E-state index contributed by atoms with van der Waals surface area (Å²) in [6.45, 7) is 1.13. The van der Waals surface area contributed by atoms with Gasteiger partial charge in [-0.05, 0) is 0 Å². The molecule has 0 radical (unpaired) electrons. The van der Waals surface area contributed by atoms with E-state index in [9.17, 15) is 14.7 Å². The highest BCUT2D eigenvalue weighted by atomic mass is 16.4. The number of quaternary nitrogens is 1. The zero-order valence-electron chi connectivity index (χ0n) is 10.5. The van der Waals surface area contributed by atoms with E-state index in [1.54, 1.807) is 0 Å². The van der Waals surface area contributed by atoms with E-state index >= 15 is 0 Å². The average molecular weight is 265 g/mol. The van der Waals surface area contributed by atoms with Gasteiger partial charge in [0.2, 0.25) is 0 Å². The van der Waals surface area contributed by atoms with Crippen molar-refractivity contribution in [3.63, 3.8) is 0 Å². The van der Waals surface area contributed by atoms with Crippen molar-refractivity contribution in [1.82, 2.24) is 5.32 Å². The topological polar surface area (TPSA) is 86.6 Å². The molecule has 2 rings (SSSR count). The predicted molar refractivity (Wildman–Crippen MR) is 67.6 cm³/mol. The predicted octanol–water partition coefficient (Wildman–Crippen LogP) is 0.738. The summed E-state index contributed by atoms with van der Waals surface area (Å²) >= 11 is 0. The highest BCUT2D eigenvalue weighted by molar-refractivity contribution is 5.74. The summed E-state index contributed by atoms with van der Waals surface area (Å²) in [6.07, 6.45) is -0.975. The molecular formula is C13H17N2O4+. The number of hydrogen-bond acceptors (Lipinski definition) is 3. The molecule has 0 saturated carbocycles. The first-order chi connectivity index (χ1) is 9.03. The first-order valence-corrected chi connectivity index (χ1v) is 6.13. The minimum Gasteiger partial charge on any atom is -0.480 e. The van der Waals surface area contributed by atoms with Crippen molar-refractivity contribution in [2.75, 3.05) is 19.6 Å². The Morgan fingerprint density at radius 3 is 2.53 bits per heavy atom. The first-order valence-electron chi connectivity index (χ1n) is 6.13. The van der Waals surface area contributed by atoms with Gasteiger partial charge in [-0.15, -0.1) is 0 Å². The first kappa shape index (κ1) is 13.5. The number of hydrogen-bond donors (Lipinski definition) is 3. The van der Waals surface area contributed by atoms with Gasteiger partial charge in [0.05, 0.1) is 0 Å². The van der Waals surface area contributed by atoms with Crippen LogP contribution in [0, 0.1) is 0 Å². The zero-order valence-corrected chi connectivity index (χ0v) is 10.5. The highest BCUT2D eigenvalue weighted by Gasteiger charge is 2.44. The molecule has 1 amide bonds. The quantitative estimate of drug-likeness (QED) is 0.702. The molecule has 19 heavy (non-hydrogen) atoms. The molecule has 1 heterocycles. The lowest BCUT2D eigenvalue weighted by molar-refractivity contribution is -0.874. The van der Waals surface area contributed by atoms with Gasteiger partial charge in [-0.2, -0.15) is 4.79 Å². The van der Waals surface area contributed by atoms with Gasteiger partial charge in [0.25, 0.3) is 0 Å². The SMILES string of the molecule is O=C(O)C1C[N+](Cc2ccccc2)(C(=O)O)CCN1. The molecule has 6 nitrogen and oxygen atoms in total. The van der Waals surface area contributed by atoms with Crippen LogP contribution in [-0.2, 0) is 11.3 Å². The van der Waals surface area contributed by atoms with E-state index in [-0.39, 0.29) is 11.0 Å². The molecule has 0 aromatic heterocycles. The second-order valence-corrected chi connectivity index (χ2v) is 4.82. The van der Waals surface area contributed by atoms with Gasteiger partial charge in [0.1, 0.15) is 19.6 Å². The maximum atomic E-state index is 11.6. The molecule has 1 aromatic carbocycles. The third-order valence-electron chi connectivity index (χ3n) is 3.49. The normalized spacial score (nSPS) is 26.8. The molecule has 6 heteroatoms. The van der Waals surface area contributed by atoms with Crippen molar-refractivity contribution < 1.29 is 24.3 Å². The van der Waals surface area contributed by atoms with Crippen LogP contribution < -0.4 is 5.32 Å². The lowest BCUT2D eigenvalue weighted by atomic mass is 10.1.